The summed E-state index contributed by atoms with van der Waals surface area (Å²) in [6.45, 7) is 6.62. The molecule has 1 aromatic heterocycles. The van der Waals surface area contributed by atoms with E-state index in [9.17, 15) is 0 Å². The highest BCUT2D eigenvalue weighted by atomic mass is 32.1. The second kappa shape index (κ2) is 7.36. The maximum Gasteiger partial charge on any atom is 0.103 e. The van der Waals surface area contributed by atoms with E-state index in [1.54, 1.807) is 0 Å². The van der Waals surface area contributed by atoms with E-state index in [1.807, 2.05) is 24.4 Å². The molecule has 102 valence electrons. The van der Waals surface area contributed by atoms with Gasteiger partial charge in [-0.3, -0.25) is 9.88 Å². The summed E-state index contributed by atoms with van der Waals surface area (Å²) in [7, 11) is 0. The van der Waals surface area contributed by atoms with Gasteiger partial charge in [-0.25, -0.2) is 0 Å². The van der Waals surface area contributed by atoms with Crippen molar-refractivity contribution in [1.82, 2.24) is 15.2 Å². The van der Waals surface area contributed by atoms with Crippen LogP contribution in [0.4, 0.5) is 0 Å². The fourth-order valence-electron chi connectivity index (χ4n) is 2.47. The van der Waals surface area contributed by atoms with E-state index in [0.29, 0.717) is 6.54 Å². The first kappa shape index (κ1) is 14.2. The van der Waals surface area contributed by atoms with Gasteiger partial charge in [-0.1, -0.05) is 30.8 Å². The van der Waals surface area contributed by atoms with E-state index in [1.165, 1.54) is 19.3 Å². The van der Waals surface area contributed by atoms with Crippen molar-refractivity contribution in [3.63, 3.8) is 0 Å². The Morgan fingerprint density at radius 3 is 2.84 bits per heavy atom. The lowest BCUT2D eigenvalue weighted by Crippen LogP contribution is -2.42. The Morgan fingerprint density at radius 1 is 1.42 bits per heavy atom. The molecule has 3 nitrogen and oxygen atoms in total. The highest BCUT2D eigenvalue weighted by Crippen LogP contribution is 2.24. The molecule has 1 saturated heterocycles. The Bertz CT molecular complexity index is 413. The standard InChI is InChI=1S/C15H21N3S/c1-2-9-17-15(19)14(13-8-4-5-10-16-13)18-11-6-3-7-12-18/h2,4-5,8,10,14H,1,3,6-7,9,11-12H2,(H,17,19). The lowest BCUT2D eigenvalue weighted by molar-refractivity contribution is 0.199. The van der Waals surface area contributed by atoms with Crippen LogP contribution in [-0.4, -0.2) is 34.5 Å². The van der Waals surface area contributed by atoms with Crippen molar-refractivity contribution in [2.75, 3.05) is 19.6 Å². The van der Waals surface area contributed by atoms with Crippen LogP contribution in [0.2, 0.25) is 0 Å². The molecule has 0 aromatic carbocycles. The van der Waals surface area contributed by atoms with E-state index in [0.717, 1.165) is 23.8 Å². The zero-order valence-electron chi connectivity index (χ0n) is 11.2. The summed E-state index contributed by atoms with van der Waals surface area (Å²) in [6.07, 6.45) is 7.47. The molecule has 0 saturated carbocycles. The Kier molecular flexibility index (Phi) is 5.48. The van der Waals surface area contributed by atoms with Gasteiger partial charge in [0.25, 0.3) is 0 Å². The Morgan fingerprint density at radius 2 is 2.21 bits per heavy atom. The van der Waals surface area contributed by atoms with Crippen LogP contribution in [0.5, 0.6) is 0 Å². The minimum absolute atomic E-state index is 0.0939. The molecule has 1 aromatic rings. The van der Waals surface area contributed by atoms with Gasteiger partial charge in [0.05, 0.1) is 10.7 Å². The molecule has 1 N–H and O–H groups in total. The maximum absolute atomic E-state index is 5.56. The van der Waals surface area contributed by atoms with Crippen molar-refractivity contribution >= 4 is 17.2 Å². The van der Waals surface area contributed by atoms with Crippen molar-refractivity contribution in [2.45, 2.75) is 25.3 Å². The number of piperidine rings is 1. The molecule has 1 fully saturated rings. The molecule has 0 amide bonds. The molecule has 0 radical (unpaired) electrons. The van der Waals surface area contributed by atoms with E-state index >= 15 is 0 Å². The SMILES string of the molecule is C=CCNC(=S)C(c1ccccn1)N1CCCCC1. The van der Waals surface area contributed by atoms with Crippen LogP contribution < -0.4 is 5.32 Å². The Balaban J connectivity index is 2.17. The number of hydrogen-bond donors (Lipinski definition) is 1. The van der Waals surface area contributed by atoms with E-state index in [4.69, 9.17) is 12.2 Å². The number of hydrogen-bond acceptors (Lipinski definition) is 3. The van der Waals surface area contributed by atoms with Gasteiger partial charge in [-0.2, -0.15) is 0 Å². The molecule has 2 heterocycles. The van der Waals surface area contributed by atoms with Gasteiger partial charge in [0, 0.05) is 12.7 Å². The number of rotatable bonds is 5. The van der Waals surface area contributed by atoms with Gasteiger partial charge >= 0.3 is 0 Å². The number of nitrogens with one attached hydrogen (secondary N) is 1. The molecule has 1 aliphatic heterocycles. The number of aromatic nitrogens is 1. The second-order valence-electron chi connectivity index (χ2n) is 4.79. The second-order valence-corrected chi connectivity index (χ2v) is 5.23. The van der Waals surface area contributed by atoms with Gasteiger partial charge in [-0.15, -0.1) is 6.58 Å². The number of likely N-dealkylation sites (tertiary alicyclic amines) is 1. The molecule has 1 aliphatic rings. The van der Waals surface area contributed by atoms with Gasteiger partial charge in [0.15, 0.2) is 0 Å². The summed E-state index contributed by atoms with van der Waals surface area (Å²) in [5, 5.41) is 3.26. The van der Waals surface area contributed by atoms with Crippen molar-refractivity contribution in [3.8, 4) is 0 Å². The van der Waals surface area contributed by atoms with Crippen molar-refractivity contribution in [2.24, 2.45) is 0 Å². The molecule has 0 spiro atoms. The highest BCUT2D eigenvalue weighted by molar-refractivity contribution is 7.80. The first-order valence-corrected chi connectivity index (χ1v) is 7.27. The lowest BCUT2D eigenvalue weighted by atomic mass is 10.1. The van der Waals surface area contributed by atoms with Crippen LogP contribution in [0.15, 0.2) is 37.1 Å². The zero-order valence-corrected chi connectivity index (χ0v) is 12.0. The molecule has 2 rings (SSSR count). The third-order valence-electron chi connectivity index (χ3n) is 3.39. The van der Waals surface area contributed by atoms with Crippen molar-refractivity contribution in [1.29, 1.82) is 0 Å². The van der Waals surface area contributed by atoms with Gasteiger partial charge < -0.3 is 5.32 Å². The molecule has 1 atom stereocenters. The molecule has 1 unspecified atom stereocenters. The summed E-state index contributed by atoms with van der Waals surface area (Å²) < 4.78 is 0. The third-order valence-corrected chi connectivity index (χ3v) is 3.76. The number of pyridine rings is 1. The quantitative estimate of drug-likeness (QED) is 0.660. The molecule has 0 aliphatic carbocycles. The maximum atomic E-state index is 5.56. The average molecular weight is 275 g/mol. The molecule has 0 bridgehead atoms. The smallest absolute Gasteiger partial charge is 0.103 e. The topological polar surface area (TPSA) is 28.2 Å². The summed E-state index contributed by atoms with van der Waals surface area (Å²) in [5.41, 5.74) is 1.03. The number of nitrogens with zero attached hydrogens (tertiary/aromatic N) is 2. The van der Waals surface area contributed by atoms with E-state index in [2.05, 4.69) is 27.8 Å². The van der Waals surface area contributed by atoms with E-state index in [-0.39, 0.29) is 6.04 Å². The molecule has 19 heavy (non-hydrogen) atoms. The van der Waals surface area contributed by atoms with Gasteiger partial charge in [0.2, 0.25) is 0 Å². The fourth-order valence-corrected chi connectivity index (χ4v) is 2.82. The summed E-state index contributed by atoms with van der Waals surface area (Å²) >= 11 is 5.56. The molecular formula is C15H21N3S. The zero-order chi connectivity index (χ0) is 13.5. The summed E-state index contributed by atoms with van der Waals surface area (Å²) in [5.74, 6) is 0. The van der Waals surface area contributed by atoms with Gasteiger partial charge in [0.1, 0.15) is 6.04 Å². The van der Waals surface area contributed by atoms with Crippen LogP contribution in [0.1, 0.15) is 31.0 Å². The average Bonchev–Trinajstić information content (AvgIpc) is 2.47. The monoisotopic (exact) mass is 275 g/mol. The third kappa shape index (κ3) is 3.85. The first-order valence-electron chi connectivity index (χ1n) is 6.86. The van der Waals surface area contributed by atoms with E-state index < -0.39 is 0 Å². The summed E-state index contributed by atoms with van der Waals surface area (Å²) in [4.78, 5) is 7.77. The predicted molar refractivity (Wildman–Crippen MR) is 83.2 cm³/mol. The van der Waals surface area contributed by atoms with Crippen LogP contribution in [-0.2, 0) is 0 Å². The minimum Gasteiger partial charge on any atom is -0.375 e. The molecular weight excluding hydrogens is 254 g/mol. The lowest BCUT2D eigenvalue weighted by Gasteiger charge is -2.34. The minimum atomic E-state index is 0.0939. The van der Waals surface area contributed by atoms with Crippen LogP contribution in [0, 0.1) is 0 Å². The fraction of sp³-hybridized carbons (Fsp3) is 0.467. The largest absolute Gasteiger partial charge is 0.375 e. The Hall–Kier alpha value is -1.26. The highest BCUT2D eigenvalue weighted by Gasteiger charge is 2.26. The van der Waals surface area contributed by atoms with Crippen LogP contribution >= 0.6 is 12.2 Å². The predicted octanol–water partition coefficient (Wildman–Crippen LogP) is 2.71. The van der Waals surface area contributed by atoms with Crippen molar-refractivity contribution in [3.05, 3.63) is 42.7 Å². The number of thiocarbonyl (C=S) groups is 1. The van der Waals surface area contributed by atoms with Gasteiger partial charge in [-0.05, 0) is 38.1 Å². The van der Waals surface area contributed by atoms with Crippen LogP contribution in [0.25, 0.3) is 0 Å². The Labute approximate surface area is 120 Å². The summed E-state index contributed by atoms with van der Waals surface area (Å²) in [6, 6.07) is 6.12. The van der Waals surface area contributed by atoms with Crippen LogP contribution in [0.3, 0.4) is 0 Å². The molecule has 4 heteroatoms. The normalized spacial score (nSPS) is 17.7. The first-order chi connectivity index (χ1) is 9.33. The van der Waals surface area contributed by atoms with Crippen molar-refractivity contribution < 1.29 is 0 Å².